The highest BCUT2D eigenvalue weighted by atomic mass is 16.2. The Bertz CT molecular complexity index is 758. The molecule has 8 nitrogen and oxygen atoms in total. The summed E-state index contributed by atoms with van der Waals surface area (Å²) in [5.74, 6) is 1.84. The van der Waals surface area contributed by atoms with E-state index in [1.165, 1.54) is 0 Å². The maximum atomic E-state index is 12.0. The average molecular weight is 329 g/mol. The van der Waals surface area contributed by atoms with Crippen molar-refractivity contribution in [3.05, 3.63) is 18.3 Å². The second kappa shape index (κ2) is 5.94. The van der Waals surface area contributed by atoms with Crippen molar-refractivity contribution >= 4 is 23.2 Å². The highest BCUT2D eigenvalue weighted by Gasteiger charge is 2.25. The van der Waals surface area contributed by atoms with Crippen LogP contribution in [-0.2, 0) is 4.79 Å². The second-order valence-corrected chi connectivity index (χ2v) is 6.75. The SMILES string of the molecule is CN1CCN(c2cc(N[C@H]3CC[C@H](N)C3)n3nccc3n2)CC1=O. The lowest BCUT2D eigenvalue weighted by Gasteiger charge is -2.33. The molecule has 2 aliphatic rings. The monoisotopic (exact) mass is 329 g/mol. The van der Waals surface area contributed by atoms with Gasteiger partial charge in [-0.2, -0.15) is 9.61 Å². The molecular formula is C16H23N7O. The lowest BCUT2D eigenvalue weighted by molar-refractivity contribution is -0.129. The van der Waals surface area contributed by atoms with Crippen LogP contribution in [0.2, 0.25) is 0 Å². The van der Waals surface area contributed by atoms with Crippen molar-refractivity contribution < 1.29 is 4.79 Å². The molecule has 0 unspecified atom stereocenters. The van der Waals surface area contributed by atoms with E-state index in [1.807, 2.05) is 28.6 Å². The third kappa shape index (κ3) is 2.77. The zero-order valence-electron chi connectivity index (χ0n) is 13.9. The first-order valence-corrected chi connectivity index (χ1v) is 8.46. The number of nitrogens with one attached hydrogen (secondary N) is 1. The van der Waals surface area contributed by atoms with Gasteiger partial charge in [0.1, 0.15) is 11.6 Å². The van der Waals surface area contributed by atoms with Crippen LogP contribution in [-0.4, -0.2) is 64.2 Å². The molecule has 2 aromatic heterocycles. The quantitative estimate of drug-likeness (QED) is 0.841. The Morgan fingerprint density at radius 3 is 2.96 bits per heavy atom. The number of piperazine rings is 1. The molecule has 2 fully saturated rings. The van der Waals surface area contributed by atoms with Gasteiger partial charge in [-0.15, -0.1) is 0 Å². The first-order valence-electron chi connectivity index (χ1n) is 8.46. The van der Waals surface area contributed by atoms with Gasteiger partial charge in [-0.1, -0.05) is 0 Å². The third-order valence-electron chi connectivity index (χ3n) is 4.95. The van der Waals surface area contributed by atoms with Crippen LogP contribution < -0.4 is 16.0 Å². The number of nitrogens with two attached hydrogens (primary N) is 1. The number of likely N-dealkylation sites (N-methyl/N-ethyl adjacent to an activating group) is 1. The summed E-state index contributed by atoms with van der Waals surface area (Å²) in [6.45, 7) is 1.86. The molecule has 24 heavy (non-hydrogen) atoms. The fourth-order valence-electron chi connectivity index (χ4n) is 3.48. The Balaban J connectivity index is 1.63. The fraction of sp³-hybridized carbons (Fsp3) is 0.562. The van der Waals surface area contributed by atoms with E-state index in [1.54, 1.807) is 11.1 Å². The van der Waals surface area contributed by atoms with Gasteiger partial charge in [-0.05, 0) is 19.3 Å². The van der Waals surface area contributed by atoms with Crippen LogP contribution in [0.5, 0.6) is 0 Å². The number of aromatic nitrogens is 3. The van der Waals surface area contributed by atoms with Gasteiger partial charge in [-0.3, -0.25) is 4.79 Å². The number of hydrogen-bond donors (Lipinski definition) is 2. The fourth-order valence-corrected chi connectivity index (χ4v) is 3.48. The van der Waals surface area contributed by atoms with E-state index in [0.29, 0.717) is 19.1 Å². The molecule has 0 radical (unpaired) electrons. The highest BCUT2D eigenvalue weighted by Crippen LogP contribution is 2.25. The van der Waals surface area contributed by atoms with Gasteiger partial charge in [-0.25, -0.2) is 4.98 Å². The Morgan fingerprint density at radius 1 is 1.33 bits per heavy atom. The van der Waals surface area contributed by atoms with Gasteiger partial charge >= 0.3 is 0 Å². The molecule has 0 spiro atoms. The number of carbonyl (C=O) groups excluding carboxylic acids is 1. The molecule has 4 rings (SSSR count). The van der Waals surface area contributed by atoms with Crippen molar-refractivity contribution in [2.45, 2.75) is 31.3 Å². The number of nitrogens with zero attached hydrogens (tertiary/aromatic N) is 5. The predicted octanol–water partition coefficient (Wildman–Crippen LogP) is 0.299. The minimum atomic E-state index is 0.118. The maximum Gasteiger partial charge on any atom is 0.241 e. The van der Waals surface area contributed by atoms with E-state index in [4.69, 9.17) is 5.73 Å². The van der Waals surface area contributed by atoms with Crippen LogP contribution in [0.1, 0.15) is 19.3 Å². The molecule has 1 amide bonds. The van der Waals surface area contributed by atoms with Gasteiger partial charge in [0, 0.05) is 44.4 Å². The molecule has 8 heteroatoms. The summed E-state index contributed by atoms with van der Waals surface area (Å²) in [7, 11) is 1.84. The van der Waals surface area contributed by atoms with Crippen LogP contribution in [0, 0.1) is 0 Å². The van der Waals surface area contributed by atoms with E-state index in [2.05, 4.69) is 15.4 Å². The lowest BCUT2D eigenvalue weighted by atomic mass is 10.2. The molecule has 0 bridgehead atoms. The number of carbonyl (C=O) groups is 1. The second-order valence-electron chi connectivity index (χ2n) is 6.75. The normalized spacial score (nSPS) is 24.8. The van der Waals surface area contributed by atoms with Gasteiger partial charge in [0.2, 0.25) is 5.91 Å². The smallest absolute Gasteiger partial charge is 0.241 e. The number of fused-ring (bicyclic) bond motifs is 1. The molecule has 0 aromatic carbocycles. The van der Waals surface area contributed by atoms with Crippen LogP contribution >= 0.6 is 0 Å². The van der Waals surface area contributed by atoms with Crippen molar-refractivity contribution in [2.75, 3.05) is 36.9 Å². The predicted molar refractivity (Wildman–Crippen MR) is 92.1 cm³/mol. The first-order chi connectivity index (χ1) is 11.6. The Morgan fingerprint density at radius 2 is 2.21 bits per heavy atom. The van der Waals surface area contributed by atoms with E-state index in [-0.39, 0.29) is 11.9 Å². The number of amides is 1. The zero-order valence-corrected chi connectivity index (χ0v) is 13.9. The molecule has 1 aliphatic heterocycles. The van der Waals surface area contributed by atoms with E-state index >= 15 is 0 Å². The van der Waals surface area contributed by atoms with Crippen molar-refractivity contribution in [2.24, 2.45) is 5.73 Å². The van der Waals surface area contributed by atoms with Crippen LogP contribution in [0.4, 0.5) is 11.6 Å². The number of hydrogen-bond acceptors (Lipinski definition) is 6. The zero-order chi connectivity index (χ0) is 16.7. The molecule has 1 saturated heterocycles. The van der Waals surface area contributed by atoms with Crippen LogP contribution in [0.3, 0.4) is 0 Å². The number of anilines is 2. The average Bonchev–Trinajstić information content (AvgIpc) is 3.19. The minimum Gasteiger partial charge on any atom is -0.367 e. The van der Waals surface area contributed by atoms with E-state index in [0.717, 1.165) is 43.1 Å². The van der Waals surface area contributed by atoms with Gasteiger partial charge < -0.3 is 20.9 Å². The summed E-state index contributed by atoms with van der Waals surface area (Å²) >= 11 is 0. The lowest BCUT2D eigenvalue weighted by Crippen LogP contribution is -2.48. The summed E-state index contributed by atoms with van der Waals surface area (Å²) < 4.78 is 1.81. The largest absolute Gasteiger partial charge is 0.367 e. The summed E-state index contributed by atoms with van der Waals surface area (Å²) in [4.78, 5) is 20.4. The highest BCUT2D eigenvalue weighted by molar-refractivity contribution is 5.82. The van der Waals surface area contributed by atoms with Gasteiger partial charge in [0.25, 0.3) is 0 Å². The maximum absolute atomic E-state index is 12.0. The standard InChI is InChI=1S/C16H23N7O/c1-21-6-7-22(10-16(21)24)14-9-15(19-12-3-2-11(17)8-12)23-13(20-14)4-5-18-23/h4-5,9,11-12,19H,2-3,6-8,10,17H2,1H3/t11-,12-/m0/s1. The molecular weight excluding hydrogens is 306 g/mol. The third-order valence-corrected chi connectivity index (χ3v) is 4.95. The molecule has 3 heterocycles. The molecule has 1 aliphatic carbocycles. The molecule has 3 N–H and O–H groups in total. The summed E-state index contributed by atoms with van der Waals surface area (Å²) in [6, 6.07) is 4.50. The van der Waals surface area contributed by atoms with E-state index < -0.39 is 0 Å². The van der Waals surface area contributed by atoms with Crippen LogP contribution in [0.25, 0.3) is 5.65 Å². The van der Waals surface area contributed by atoms with Crippen molar-refractivity contribution in [1.82, 2.24) is 19.5 Å². The topological polar surface area (TPSA) is 91.8 Å². The van der Waals surface area contributed by atoms with Crippen molar-refractivity contribution in [3.63, 3.8) is 0 Å². The molecule has 128 valence electrons. The first kappa shape index (κ1) is 15.2. The Kier molecular flexibility index (Phi) is 3.76. The van der Waals surface area contributed by atoms with Crippen molar-refractivity contribution in [3.8, 4) is 0 Å². The van der Waals surface area contributed by atoms with Crippen molar-refractivity contribution in [1.29, 1.82) is 0 Å². The molecule has 2 aromatic rings. The number of rotatable bonds is 3. The summed E-state index contributed by atoms with van der Waals surface area (Å²) in [5.41, 5.74) is 6.80. The molecule has 1 saturated carbocycles. The summed E-state index contributed by atoms with van der Waals surface area (Å²) in [5, 5.41) is 7.92. The Labute approximate surface area is 140 Å². The minimum absolute atomic E-state index is 0.118. The van der Waals surface area contributed by atoms with E-state index in [9.17, 15) is 4.79 Å². The van der Waals surface area contributed by atoms with Crippen LogP contribution in [0.15, 0.2) is 18.3 Å². The van der Waals surface area contributed by atoms with Gasteiger partial charge in [0.15, 0.2) is 5.65 Å². The molecule has 2 atom stereocenters. The Hall–Kier alpha value is -2.35. The summed E-state index contributed by atoms with van der Waals surface area (Å²) in [6.07, 6.45) is 4.82. The van der Waals surface area contributed by atoms with Gasteiger partial charge in [0.05, 0.1) is 12.7 Å².